The first-order valence-electron chi connectivity index (χ1n) is 6.15. The smallest absolute Gasteiger partial charge is 0.258 e. The second-order valence-electron chi connectivity index (χ2n) is 4.76. The Hall–Kier alpha value is -1.47. The van der Waals surface area contributed by atoms with Gasteiger partial charge in [0.15, 0.2) is 0 Å². The monoisotopic (exact) mass is 354 g/mol. The zero-order chi connectivity index (χ0) is 14.7. The predicted molar refractivity (Wildman–Crippen MR) is 85.0 cm³/mol. The molecule has 106 valence electrons. The molecule has 0 saturated carbocycles. The number of nitrogens with one attached hydrogen (secondary N) is 1. The molecule has 20 heavy (non-hydrogen) atoms. The first-order valence-corrected chi connectivity index (χ1v) is 7.76. The molecule has 0 fully saturated rings. The highest BCUT2D eigenvalue weighted by Crippen LogP contribution is 2.25. The van der Waals surface area contributed by atoms with E-state index in [2.05, 4.69) is 45.3 Å². The lowest BCUT2D eigenvalue weighted by molar-refractivity contribution is 0.102. The van der Waals surface area contributed by atoms with Crippen LogP contribution in [0.4, 0.5) is 10.8 Å². The maximum Gasteiger partial charge on any atom is 0.258 e. The molecule has 1 aromatic carbocycles. The van der Waals surface area contributed by atoms with Gasteiger partial charge in [-0.15, -0.1) is 10.2 Å². The Morgan fingerprint density at radius 3 is 2.90 bits per heavy atom. The van der Waals surface area contributed by atoms with Gasteiger partial charge in [-0.2, -0.15) is 0 Å². The molecule has 2 aromatic rings. The lowest BCUT2D eigenvalue weighted by Crippen LogP contribution is -2.13. The second-order valence-corrected chi connectivity index (χ2v) is 6.62. The average molecular weight is 355 g/mol. The Kier molecular flexibility index (Phi) is 4.72. The number of aromatic nitrogens is 2. The molecule has 0 radical (unpaired) electrons. The van der Waals surface area contributed by atoms with Crippen molar-refractivity contribution in [3.05, 3.63) is 33.2 Å². The Labute approximate surface area is 129 Å². The minimum Gasteiger partial charge on any atom is -0.398 e. The molecule has 3 N–H and O–H groups in total. The van der Waals surface area contributed by atoms with E-state index in [4.69, 9.17) is 5.73 Å². The molecule has 0 saturated heterocycles. The number of benzene rings is 1. The van der Waals surface area contributed by atoms with Gasteiger partial charge >= 0.3 is 0 Å². The molecular weight excluding hydrogens is 340 g/mol. The number of carbonyl (C=O) groups is 1. The van der Waals surface area contributed by atoms with Crippen molar-refractivity contribution in [2.24, 2.45) is 5.92 Å². The third-order valence-electron chi connectivity index (χ3n) is 2.54. The fourth-order valence-electron chi connectivity index (χ4n) is 1.63. The van der Waals surface area contributed by atoms with Gasteiger partial charge < -0.3 is 5.73 Å². The van der Waals surface area contributed by atoms with Gasteiger partial charge in [-0.25, -0.2) is 0 Å². The summed E-state index contributed by atoms with van der Waals surface area (Å²) in [7, 11) is 0. The van der Waals surface area contributed by atoms with Crippen molar-refractivity contribution < 1.29 is 4.79 Å². The number of hydrogen-bond acceptors (Lipinski definition) is 5. The van der Waals surface area contributed by atoms with Crippen molar-refractivity contribution in [1.29, 1.82) is 0 Å². The van der Waals surface area contributed by atoms with Crippen LogP contribution in [0.1, 0.15) is 29.2 Å². The van der Waals surface area contributed by atoms with E-state index in [1.165, 1.54) is 11.3 Å². The molecule has 1 amide bonds. The van der Waals surface area contributed by atoms with Crippen molar-refractivity contribution >= 4 is 44.0 Å². The zero-order valence-corrected chi connectivity index (χ0v) is 13.6. The number of anilines is 2. The number of nitrogens with zero attached hydrogens (tertiary/aromatic N) is 2. The zero-order valence-electron chi connectivity index (χ0n) is 11.2. The maximum absolute atomic E-state index is 12.2. The molecule has 5 nitrogen and oxygen atoms in total. The highest BCUT2D eigenvalue weighted by Gasteiger charge is 2.14. The van der Waals surface area contributed by atoms with Gasteiger partial charge in [0.2, 0.25) is 5.13 Å². The summed E-state index contributed by atoms with van der Waals surface area (Å²) in [6, 6.07) is 5.16. The van der Waals surface area contributed by atoms with Crippen LogP contribution in [-0.4, -0.2) is 16.1 Å². The Morgan fingerprint density at radius 1 is 1.45 bits per heavy atom. The summed E-state index contributed by atoms with van der Waals surface area (Å²) in [6.45, 7) is 4.23. The summed E-state index contributed by atoms with van der Waals surface area (Å²) < 4.78 is 0.587. The van der Waals surface area contributed by atoms with Crippen LogP contribution >= 0.6 is 27.3 Å². The van der Waals surface area contributed by atoms with Gasteiger partial charge in [0.1, 0.15) is 5.01 Å². The third-order valence-corrected chi connectivity index (χ3v) is 4.29. The van der Waals surface area contributed by atoms with Crippen LogP contribution < -0.4 is 11.1 Å². The Morgan fingerprint density at radius 2 is 2.20 bits per heavy atom. The molecule has 0 atom stereocenters. The summed E-state index contributed by atoms with van der Waals surface area (Å²) in [4.78, 5) is 12.2. The normalized spacial score (nSPS) is 10.8. The molecule has 7 heteroatoms. The van der Waals surface area contributed by atoms with Crippen molar-refractivity contribution in [3.63, 3.8) is 0 Å². The van der Waals surface area contributed by atoms with Gasteiger partial charge in [-0.3, -0.25) is 10.1 Å². The first-order chi connectivity index (χ1) is 9.47. The minimum absolute atomic E-state index is 0.253. The van der Waals surface area contributed by atoms with Crippen LogP contribution in [0, 0.1) is 5.92 Å². The number of hydrogen-bond donors (Lipinski definition) is 2. The number of halogens is 1. The Bertz CT molecular complexity index is 627. The van der Waals surface area contributed by atoms with E-state index in [9.17, 15) is 4.79 Å². The van der Waals surface area contributed by atoms with Crippen LogP contribution in [-0.2, 0) is 6.42 Å². The molecule has 0 aliphatic rings. The van der Waals surface area contributed by atoms with Crippen LogP contribution in [0.3, 0.4) is 0 Å². The number of nitrogen functional groups attached to an aromatic ring is 1. The number of amides is 1. The second kappa shape index (κ2) is 6.32. The minimum atomic E-state index is -0.253. The van der Waals surface area contributed by atoms with Gasteiger partial charge in [0.25, 0.3) is 5.91 Å². The van der Waals surface area contributed by atoms with Crippen LogP contribution in [0.25, 0.3) is 0 Å². The summed E-state index contributed by atoms with van der Waals surface area (Å²) in [5.41, 5.74) is 6.76. The standard InChI is InChI=1S/C13H15BrN4OS/c1-7(2)6-10-17-18-13(20-10)16-12(19)8-4-3-5-9(15)11(8)14/h3-5,7H,6,15H2,1-2H3,(H,16,18,19). The summed E-state index contributed by atoms with van der Waals surface area (Å²) in [6.07, 6.45) is 0.857. The molecule has 1 heterocycles. The number of carbonyl (C=O) groups excluding carboxylic acids is 1. The molecule has 0 bridgehead atoms. The number of rotatable bonds is 4. The average Bonchev–Trinajstić information content (AvgIpc) is 2.79. The van der Waals surface area contributed by atoms with Gasteiger partial charge in [0, 0.05) is 12.1 Å². The van der Waals surface area contributed by atoms with E-state index in [1.54, 1.807) is 18.2 Å². The molecular formula is C13H15BrN4OS. The lowest BCUT2D eigenvalue weighted by atomic mass is 10.1. The molecule has 0 spiro atoms. The van der Waals surface area contributed by atoms with Gasteiger partial charge in [-0.1, -0.05) is 31.3 Å². The van der Waals surface area contributed by atoms with E-state index in [-0.39, 0.29) is 5.91 Å². The maximum atomic E-state index is 12.2. The number of nitrogens with two attached hydrogens (primary N) is 1. The summed E-state index contributed by atoms with van der Waals surface area (Å²) in [5.74, 6) is 0.256. The van der Waals surface area contributed by atoms with Crippen molar-refractivity contribution in [3.8, 4) is 0 Å². The van der Waals surface area contributed by atoms with Gasteiger partial charge in [-0.05, 0) is 34.0 Å². The third kappa shape index (κ3) is 3.55. The summed E-state index contributed by atoms with van der Waals surface area (Å²) >= 11 is 4.71. The predicted octanol–water partition coefficient (Wildman–Crippen LogP) is 3.33. The van der Waals surface area contributed by atoms with E-state index < -0.39 is 0 Å². The van der Waals surface area contributed by atoms with E-state index >= 15 is 0 Å². The summed E-state index contributed by atoms with van der Waals surface area (Å²) in [5, 5.41) is 12.2. The lowest BCUT2D eigenvalue weighted by Gasteiger charge is -2.05. The van der Waals surface area contributed by atoms with Gasteiger partial charge in [0.05, 0.1) is 10.0 Å². The quantitative estimate of drug-likeness (QED) is 0.825. The fraction of sp³-hybridized carbons (Fsp3) is 0.308. The van der Waals surface area contributed by atoms with E-state index in [0.29, 0.717) is 26.8 Å². The van der Waals surface area contributed by atoms with E-state index in [0.717, 1.165) is 11.4 Å². The van der Waals surface area contributed by atoms with Crippen LogP contribution in [0.15, 0.2) is 22.7 Å². The first kappa shape index (κ1) is 14.9. The molecule has 0 aliphatic carbocycles. The highest BCUT2D eigenvalue weighted by atomic mass is 79.9. The largest absolute Gasteiger partial charge is 0.398 e. The molecule has 0 aliphatic heterocycles. The fourth-order valence-corrected chi connectivity index (χ4v) is 3.02. The van der Waals surface area contributed by atoms with E-state index in [1.807, 2.05) is 0 Å². The van der Waals surface area contributed by atoms with Crippen LogP contribution in [0.2, 0.25) is 0 Å². The molecule has 1 aromatic heterocycles. The SMILES string of the molecule is CC(C)Cc1nnc(NC(=O)c2cccc(N)c2Br)s1. The van der Waals surface area contributed by atoms with Crippen molar-refractivity contribution in [2.45, 2.75) is 20.3 Å². The topological polar surface area (TPSA) is 80.9 Å². The molecule has 2 rings (SSSR count). The van der Waals surface area contributed by atoms with Crippen molar-refractivity contribution in [1.82, 2.24) is 10.2 Å². The highest BCUT2D eigenvalue weighted by molar-refractivity contribution is 9.10. The molecule has 0 unspecified atom stereocenters. The van der Waals surface area contributed by atoms with Crippen molar-refractivity contribution in [2.75, 3.05) is 11.1 Å². The van der Waals surface area contributed by atoms with Crippen LogP contribution in [0.5, 0.6) is 0 Å². The Balaban J connectivity index is 2.11.